The van der Waals surface area contributed by atoms with Crippen molar-refractivity contribution in [2.24, 2.45) is 0 Å². The quantitative estimate of drug-likeness (QED) is 0.648. The summed E-state index contributed by atoms with van der Waals surface area (Å²) in [4.78, 5) is 4.73. The predicted octanol–water partition coefficient (Wildman–Crippen LogP) is 2.83. The van der Waals surface area contributed by atoms with Crippen LogP contribution >= 0.6 is 11.3 Å². The van der Waals surface area contributed by atoms with Gasteiger partial charge < -0.3 is 14.2 Å². The van der Waals surface area contributed by atoms with Crippen LogP contribution in [-0.4, -0.2) is 50.1 Å². The van der Waals surface area contributed by atoms with Crippen molar-refractivity contribution in [3.05, 3.63) is 42.0 Å². The second-order valence-corrected chi connectivity index (χ2v) is 9.70. The molecule has 0 bridgehead atoms. The first kappa shape index (κ1) is 17.7. The fourth-order valence-electron chi connectivity index (χ4n) is 3.26. The third kappa shape index (κ3) is 2.99. The molecule has 0 amide bonds. The van der Waals surface area contributed by atoms with Gasteiger partial charge in [0.1, 0.15) is 19.3 Å². The first-order valence-electron chi connectivity index (χ1n) is 8.93. The van der Waals surface area contributed by atoms with Gasteiger partial charge in [0.15, 0.2) is 11.5 Å². The van der Waals surface area contributed by atoms with Gasteiger partial charge in [0, 0.05) is 6.07 Å². The zero-order chi connectivity index (χ0) is 19.3. The van der Waals surface area contributed by atoms with E-state index in [-0.39, 0.29) is 11.0 Å². The van der Waals surface area contributed by atoms with Crippen molar-refractivity contribution in [2.45, 2.75) is 17.9 Å². The van der Waals surface area contributed by atoms with Gasteiger partial charge in [0.2, 0.25) is 10.0 Å². The highest BCUT2D eigenvalue weighted by Gasteiger charge is 2.39. The van der Waals surface area contributed by atoms with Crippen LogP contribution in [0, 0.1) is 6.92 Å². The van der Waals surface area contributed by atoms with Crippen LogP contribution in [0.5, 0.6) is 16.7 Å². The average Bonchev–Trinajstić information content (AvgIpc) is 3.08. The largest absolute Gasteiger partial charge is 0.486 e. The monoisotopic (exact) mass is 418 g/mol. The third-order valence-corrected chi connectivity index (χ3v) is 7.57. The lowest BCUT2D eigenvalue weighted by molar-refractivity contribution is 0.0761. The molecule has 1 fully saturated rings. The lowest BCUT2D eigenvalue weighted by atomic mass is 10.2. The minimum absolute atomic E-state index is 0.200. The number of benzene rings is 2. The van der Waals surface area contributed by atoms with Gasteiger partial charge in [0.05, 0.1) is 28.2 Å². The van der Waals surface area contributed by atoms with Crippen molar-refractivity contribution < 1.29 is 22.6 Å². The van der Waals surface area contributed by atoms with Gasteiger partial charge in [-0.1, -0.05) is 23.5 Å². The van der Waals surface area contributed by atoms with Crippen LogP contribution in [0.1, 0.15) is 5.56 Å². The Morgan fingerprint density at radius 3 is 2.71 bits per heavy atom. The van der Waals surface area contributed by atoms with Gasteiger partial charge in [-0.25, -0.2) is 13.4 Å². The lowest BCUT2D eigenvalue weighted by Crippen LogP contribution is -2.55. The number of hydrogen-bond acceptors (Lipinski definition) is 7. The highest BCUT2D eigenvalue weighted by molar-refractivity contribution is 7.89. The second kappa shape index (κ2) is 6.61. The Kier molecular flexibility index (Phi) is 4.18. The number of nitrogens with zero attached hydrogens (tertiary/aromatic N) is 2. The zero-order valence-electron chi connectivity index (χ0n) is 15.1. The molecule has 0 spiro atoms. The Morgan fingerprint density at radius 1 is 1.14 bits per heavy atom. The van der Waals surface area contributed by atoms with Crippen LogP contribution < -0.4 is 14.2 Å². The Hall–Kier alpha value is -2.36. The highest BCUT2D eigenvalue weighted by Crippen LogP contribution is 2.35. The number of sulfonamides is 1. The molecule has 2 aromatic carbocycles. The van der Waals surface area contributed by atoms with Crippen molar-refractivity contribution in [1.82, 2.24) is 9.29 Å². The number of fused-ring (bicyclic) bond motifs is 2. The number of hydrogen-bond donors (Lipinski definition) is 0. The van der Waals surface area contributed by atoms with Gasteiger partial charge >= 0.3 is 0 Å². The molecule has 3 heterocycles. The van der Waals surface area contributed by atoms with Crippen molar-refractivity contribution >= 4 is 31.6 Å². The first-order valence-corrected chi connectivity index (χ1v) is 11.2. The van der Waals surface area contributed by atoms with Crippen LogP contribution in [0.2, 0.25) is 0 Å². The summed E-state index contributed by atoms with van der Waals surface area (Å²) < 4.78 is 45.0. The number of ether oxygens (including phenoxy) is 3. The van der Waals surface area contributed by atoms with Crippen molar-refractivity contribution in [3.8, 4) is 16.7 Å². The maximum Gasteiger partial charge on any atom is 0.274 e. The molecule has 0 unspecified atom stereocenters. The summed E-state index contributed by atoms with van der Waals surface area (Å²) in [6.07, 6.45) is -0.201. The van der Waals surface area contributed by atoms with E-state index in [1.165, 1.54) is 21.7 Å². The van der Waals surface area contributed by atoms with E-state index in [2.05, 4.69) is 4.98 Å². The summed E-state index contributed by atoms with van der Waals surface area (Å²) >= 11 is 1.48. The molecule has 0 atom stereocenters. The minimum atomic E-state index is -3.59. The molecule has 9 heteroatoms. The van der Waals surface area contributed by atoms with E-state index < -0.39 is 10.0 Å². The molecule has 0 saturated carbocycles. The van der Waals surface area contributed by atoms with Gasteiger partial charge in [-0.05, 0) is 30.7 Å². The van der Waals surface area contributed by atoms with E-state index in [4.69, 9.17) is 14.2 Å². The summed E-state index contributed by atoms with van der Waals surface area (Å²) in [7, 11) is -3.59. The van der Waals surface area contributed by atoms with Gasteiger partial charge in [-0.2, -0.15) is 4.31 Å². The van der Waals surface area contributed by atoms with Crippen LogP contribution in [-0.2, 0) is 10.0 Å². The smallest absolute Gasteiger partial charge is 0.274 e. The number of aromatic nitrogens is 1. The maximum absolute atomic E-state index is 12.8. The van der Waals surface area contributed by atoms with Crippen LogP contribution in [0.25, 0.3) is 10.2 Å². The summed E-state index contributed by atoms with van der Waals surface area (Å²) in [5.74, 6) is 1.03. The number of aryl methyl sites for hydroxylation is 1. The first-order chi connectivity index (χ1) is 13.5. The third-order valence-electron chi connectivity index (χ3n) is 4.83. The van der Waals surface area contributed by atoms with E-state index in [1.54, 1.807) is 12.1 Å². The van der Waals surface area contributed by atoms with E-state index in [1.807, 2.05) is 25.1 Å². The lowest BCUT2D eigenvalue weighted by Gasteiger charge is -2.37. The van der Waals surface area contributed by atoms with Crippen LogP contribution in [0.4, 0.5) is 0 Å². The molecule has 28 heavy (non-hydrogen) atoms. The molecule has 2 aliphatic heterocycles. The Labute approximate surface area is 166 Å². The Morgan fingerprint density at radius 2 is 1.93 bits per heavy atom. The molecule has 5 rings (SSSR count). The average molecular weight is 418 g/mol. The second-order valence-electron chi connectivity index (χ2n) is 6.77. The molecule has 3 aromatic rings. The standard InChI is InChI=1S/C19H18N2O5S2/c1-12-3-2-4-17-18(12)20-19(27-17)26-13-10-21(11-13)28(22,23)14-5-6-15-16(9-14)25-8-7-24-15/h2-6,9,13H,7-8,10-11H2,1H3. The highest BCUT2D eigenvalue weighted by atomic mass is 32.2. The van der Waals surface area contributed by atoms with Crippen molar-refractivity contribution in [3.63, 3.8) is 0 Å². The fourth-order valence-corrected chi connectivity index (χ4v) is 5.74. The molecule has 0 N–H and O–H groups in total. The Balaban J connectivity index is 1.28. The topological polar surface area (TPSA) is 78.0 Å². The van der Waals surface area contributed by atoms with E-state index in [0.29, 0.717) is 43.0 Å². The predicted molar refractivity (Wildman–Crippen MR) is 105 cm³/mol. The maximum atomic E-state index is 12.8. The summed E-state index contributed by atoms with van der Waals surface area (Å²) in [5.41, 5.74) is 2.03. The van der Waals surface area contributed by atoms with Gasteiger partial charge in [0.25, 0.3) is 5.19 Å². The number of para-hydroxylation sites is 1. The summed E-state index contributed by atoms with van der Waals surface area (Å²) in [6, 6.07) is 10.7. The molecule has 0 radical (unpaired) electrons. The van der Waals surface area contributed by atoms with Gasteiger partial charge in [-0.15, -0.1) is 0 Å². The number of thiazole rings is 1. The molecule has 0 aliphatic carbocycles. The van der Waals surface area contributed by atoms with Gasteiger partial charge in [-0.3, -0.25) is 0 Å². The molecular weight excluding hydrogens is 400 g/mol. The molecular formula is C19H18N2O5S2. The van der Waals surface area contributed by atoms with Crippen molar-refractivity contribution in [2.75, 3.05) is 26.3 Å². The summed E-state index contributed by atoms with van der Waals surface area (Å²) in [5, 5.41) is 0.575. The van der Waals surface area contributed by atoms with Crippen LogP contribution in [0.3, 0.4) is 0 Å². The van der Waals surface area contributed by atoms with Crippen molar-refractivity contribution in [1.29, 1.82) is 0 Å². The fraction of sp³-hybridized carbons (Fsp3) is 0.316. The normalized spacial score (nSPS) is 17.5. The number of rotatable bonds is 4. The minimum Gasteiger partial charge on any atom is -0.486 e. The molecule has 7 nitrogen and oxygen atoms in total. The molecule has 1 saturated heterocycles. The van der Waals surface area contributed by atoms with E-state index in [9.17, 15) is 8.42 Å². The zero-order valence-corrected chi connectivity index (χ0v) is 16.8. The molecule has 146 valence electrons. The molecule has 2 aliphatic rings. The van der Waals surface area contributed by atoms with E-state index in [0.717, 1.165) is 15.8 Å². The Bertz CT molecular complexity index is 1150. The van der Waals surface area contributed by atoms with E-state index >= 15 is 0 Å². The SMILES string of the molecule is Cc1cccc2sc(OC3CN(S(=O)(=O)c4ccc5c(c4)OCCO5)C3)nc12. The van der Waals surface area contributed by atoms with Crippen LogP contribution in [0.15, 0.2) is 41.3 Å². The summed E-state index contributed by atoms with van der Waals surface area (Å²) in [6.45, 7) is 3.49. The molecule has 1 aromatic heterocycles.